The Morgan fingerprint density at radius 2 is 1.62 bits per heavy atom. The van der Waals surface area contributed by atoms with E-state index in [4.69, 9.17) is 4.42 Å². The number of rotatable bonds is 8. The predicted molar refractivity (Wildman–Crippen MR) is 181 cm³/mol. The van der Waals surface area contributed by atoms with Crippen LogP contribution in [0.4, 0.5) is 5.69 Å². The number of furan rings is 1. The molecule has 5 rings (SSSR count). The molecular formula is C35H41N7O6. The van der Waals surface area contributed by atoms with E-state index in [2.05, 4.69) is 20.6 Å². The largest absolute Gasteiger partial charge is 0.461 e. The van der Waals surface area contributed by atoms with Gasteiger partial charge in [0.1, 0.15) is 11.3 Å². The van der Waals surface area contributed by atoms with Crippen molar-refractivity contribution in [1.82, 2.24) is 25.3 Å². The summed E-state index contributed by atoms with van der Waals surface area (Å²) in [6, 6.07) is 13.2. The van der Waals surface area contributed by atoms with Gasteiger partial charge in [-0.15, -0.1) is 0 Å². The zero-order valence-electron chi connectivity index (χ0n) is 27.5. The number of aliphatic imine (C=N–C) groups is 2. The van der Waals surface area contributed by atoms with Gasteiger partial charge < -0.3 is 24.4 Å². The smallest absolute Gasteiger partial charge is 0.258 e. The fraction of sp³-hybridized carbons (Fsp3) is 0.400. The van der Waals surface area contributed by atoms with Crippen molar-refractivity contribution in [2.75, 3.05) is 46.8 Å². The molecule has 2 saturated heterocycles. The number of hydrogen-bond acceptors (Lipinski definition) is 7. The molecule has 1 unspecified atom stereocenters. The van der Waals surface area contributed by atoms with Gasteiger partial charge in [0.05, 0.1) is 24.7 Å². The normalized spacial score (nSPS) is 17.1. The van der Waals surface area contributed by atoms with Crippen molar-refractivity contribution in [1.29, 1.82) is 0 Å². The van der Waals surface area contributed by atoms with Crippen molar-refractivity contribution in [2.45, 2.75) is 39.0 Å². The van der Waals surface area contributed by atoms with E-state index in [1.807, 2.05) is 24.0 Å². The van der Waals surface area contributed by atoms with E-state index in [1.165, 1.54) is 35.4 Å². The molecule has 252 valence electrons. The van der Waals surface area contributed by atoms with Gasteiger partial charge in [-0.05, 0) is 81.1 Å². The number of likely N-dealkylation sites (tertiary alicyclic amines) is 2. The van der Waals surface area contributed by atoms with Crippen LogP contribution in [0.5, 0.6) is 0 Å². The molecule has 3 aromatic rings. The summed E-state index contributed by atoms with van der Waals surface area (Å²) >= 11 is 0. The molecule has 48 heavy (non-hydrogen) atoms. The lowest BCUT2D eigenvalue weighted by Crippen LogP contribution is -2.44. The van der Waals surface area contributed by atoms with E-state index in [9.17, 15) is 24.0 Å². The third-order valence-electron chi connectivity index (χ3n) is 8.38. The van der Waals surface area contributed by atoms with Gasteiger partial charge in [0.2, 0.25) is 23.7 Å². The first kappa shape index (κ1) is 34.0. The van der Waals surface area contributed by atoms with Crippen LogP contribution in [0.3, 0.4) is 0 Å². The molecule has 0 saturated carbocycles. The predicted octanol–water partition coefficient (Wildman–Crippen LogP) is 3.30. The second-order valence-electron chi connectivity index (χ2n) is 12.2. The van der Waals surface area contributed by atoms with Crippen LogP contribution in [-0.4, -0.2) is 103 Å². The molecular weight excluding hydrogens is 614 g/mol. The highest BCUT2D eigenvalue weighted by atomic mass is 16.3. The monoisotopic (exact) mass is 655 g/mol. The maximum Gasteiger partial charge on any atom is 0.258 e. The maximum absolute atomic E-state index is 13.5. The van der Waals surface area contributed by atoms with Gasteiger partial charge in [-0.2, -0.15) is 0 Å². The topological polar surface area (TPSA) is 157 Å². The highest BCUT2D eigenvalue weighted by Gasteiger charge is 2.29. The summed E-state index contributed by atoms with van der Waals surface area (Å²) in [5.74, 6) is -1.29. The molecule has 2 N–H and O–H groups in total. The molecule has 3 heterocycles. The van der Waals surface area contributed by atoms with Gasteiger partial charge in [-0.3, -0.25) is 29.3 Å². The van der Waals surface area contributed by atoms with Crippen molar-refractivity contribution in [3.63, 3.8) is 0 Å². The molecule has 2 aliphatic rings. The Hall–Kier alpha value is -5.33. The van der Waals surface area contributed by atoms with Gasteiger partial charge in [-0.25, -0.2) is 9.98 Å². The molecule has 1 atom stereocenters. The number of carbonyl (C=O) groups excluding carboxylic acids is 5. The van der Waals surface area contributed by atoms with Crippen LogP contribution in [0, 0.1) is 12.8 Å². The summed E-state index contributed by atoms with van der Waals surface area (Å²) in [5, 5.41) is 6.13. The molecule has 1 aromatic heterocycles. The minimum atomic E-state index is -0.586. The number of carbonyl (C=O) groups is 5. The Bertz CT molecular complexity index is 1740. The number of aryl methyl sites for hydroxylation is 1. The highest BCUT2D eigenvalue weighted by molar-refractivity contribution is 6.09. The first-order chi connectivity index (χ1) is 23.1. The molecule has 13 nitrogen and oxygen atoms in total. The highest BCUT2D eigenvalue weighted by Crippen LogP contribution is 2.25. The molecule has 0 bridgehead atoms. The number of amides is 5. The van der Waals surface area contributed by atoms with Crippen molar-refractivity contribution >= 4 is 58.4 Å². The van der Waals surface area contributed by atoms with Gasteiger partial charge in [0, 0.05) is 56.5 Å². The van der Waals surface area contributed by atoms with Crippen molar-refractivity contribution in [2.24, 2.45) is 15.9 Å². The van der Waals surface area contributed by atoms with Gasteiger partial charge in [0.25, 0.3) is 11.8 Å². The van der Waals surface area contributed by atoms with Crippen LogP contribution in [0.2, 0.25) is 0 Å². The van der Waals surface area contributed by atoms with Gasteiger partial charge >= 0.3 is 0 Å². The third kappa shape index (κ3) is 8.72. The van der Waals surface area contributed by atoms with Crippen LogP contribution in [0.25, 0.3) is 11.0 Å². The van der Waals surface area contributed by atoms with Gasteiger partial charge in [-0.1, -0.05) is 6.42 Å². The summed E-state index contributed by atoms with van der Waals surface area (Å²) < 4.78 is 5.67. The molecule has 2 fully saturated rings. The first-order valence-electron chi connectivity index (χ1n) is 16.2. The lowest BCUT2D eigenvalue weighted by atomic mass is 10.0. The summed E-state index contributed by atoms with van der Waals surface area (Å²) in [5.41, 5.74) is 1.74. The number of guanidine groups is 1. The molecule has 2 aromatic carbocycles. The minimum Gasteiger partial charge on any atom is -0.461 e. The lowest BCUT2D eigenvalue weighted by molar-refractivity contribution is -0.140. The van der Waals surface area contributed by atoms with Crippen molar-refractivity contribution in [3.05, 3.63) is 65.4 Å². The van der Waals surface area contributed by atoms with E-state index < -0.39 is 17.7 Å². The number of benzene rings is 2. The summed E-state index contributed by atoms with van der Waals surface area (Å²) in [4.78, 5) is 77.9. The summed E-state index contributed by atoms with van der Waals surface area (Å²) in [6.07, 6.45) is 5.59. The number of nitrogens with one attached hydrogen (secondary N) is 2. The van der Waals surface area contributed by atoms with E-state index in [0.717, 1.165) is 49.9 Å². The SMILES string of the molecule is Cc1cc2cc(N=C(/N=C\C3CCCCN(CC(=O)N4CCCC4)C3=O)NC(=O)c3ccc(C(=O)NCC(=O)N(C)C)cc3)ccc2o1. The van der Waals surface area contributed by atoms with Crippen molar-refractivity contribution in [3.8, 4) is 0 Å². The molecule has 0 radical (unpaired) electrons. The number of hydrogen-bond donors (Lipinski definition) is 2. The van der Waals surface area contributed by atoms with Crippen LogP contribution >= 0.6 is 0 Å². The number of likely N-dealkylation sites (N-methyl/N-ethyl adjacent to an activating group) is 1. The Labute approximate surface area is 279 Å². The minimum absolute atomic E-state index is 0.0275. The standard InChI is InChI=1S/C35H41N7O6/c1-23-18-27-19-28(13-14-29(27)48-23)38-35(39-33(46)25-11-9-24(10-12-25)32(45)36-21-30(43)40(2)3)37-20-26-8-4-5-17-42(34(26)47)22-31(44)41-15-6-7-16-41/h9-14,18-20,26H,4-8,15-17,21-22H2,1-3H3,(H,36,45)(H,38,39,46)/b37-20-. The summed E-state index contributed by atoms with van der Waals surface area (Å²) in [7, 11) is 3.20. The fourth-order valence-electron chi connectivity index (χ4n) is 5.63. The quantitative estimate of drug-likeness (QED) is 0.280. The van der Waals surface area contributed by atoms with Crippen LogP contribution < -0.4 is 10.6 Å². The van der Waals surface area contributed by atoms with E-state index in [1.54, 1.807) is 31.1 Å². The van der Waals surface area contributed by atoms with E-state index in [0.29, 0.717) is 24.2 Å². The molecule has 2 aliphatic heterocycles. The lowest BCUT2D eigenvalue weighted by Gasteiger charge is -2.25. The van der Waals surface area contributed by atoms with Crippen LogP contribution in [-0.2, 0) is 14.4 Å². The second kappa shape index (κ2) is 15.5. The van der Waals surface area contributed by atoms with Crippen LogP contribution in [0.1, 0.15) is 58.6 Å². The third-order valence-corrected chi connectivity index (χ3v) is 8.38. The average Bonchev–Trinajstić information content (AvgIpc) is 3.71. The molecule has 5 amide bonds. The average molecular weight is 656 g/mol. The first-order valence-corrected chi connectivity index (χ1v) is 16.2. The fourth-order valence-corrected chi connectivity index (χ4v) is 5.63. The molecule has 0 spiro atoms. The van der Waals surface area contributed by atoms with E-state index >= 15 is 0 Å². The Morgan fingerprint density at radius 1 is 0.938 bits per heavy atom. The summed E-state index contributed by atoms with van der Waals surface area (Å²) in [6.45, 7) is 3.71. The zero-order valence-corrected chi connectivity index (χ0v) is 27.5. The second-order valence-corrected chi connectivity index (χ2v) is 12.2. The number of nitrogens with zero attached hydrogens (tertiary/aromatic N) is 5. The Kier molecular flexibility index (Phi) is 11.0. The Balaban J connectivity index is 1.34. The zero-order chi connectivity index (χ0) is 34.2. The van der Waals surface area contributed by atoms with E-state index in [-0.39, 0.29) is 47.9 Å². The maximum atomic E-state index is 13.5. The Morgan fingerprint density at radius 3 is 2.33 bits per heavy atom. The molecule has 13 heteroatoms. The number of fused-ring (bicyclic) bond motifs is 1. The molecule has 0 aliphatic carbocycles. The van der Waals surface area contributed by atoms with Gasteiger partial charge in [0.15, 0.2) is 0 Å². The van der Waals surface area contributed by atoms with Crippen molar-refractivity contribution < 1.29 is 28.4 Å². The van der Waals surface area contributed by atoms with Crippen LogP contribution in [0.15, 0.2) is 62.9 Å².